The molecule has 0 aliphatic carbocycles. The predicted molar refractivity (Wildman–Crippen MR) is 41.4 cm³/mol. The van der Waals surface area contributed by atoms with Gasteiger partial charge in [0.25, 0.3) is 0 Å². The van der Waals surface area contributed by atoms with E-state index in [1.807, 2.05) is 24.3 Å². The molecule has 0 saturated heterocycles. The summed E-state index contributed by atoms with van der Waals surface area (Å²) in [5.74, 6) is 0. The molecule has 1 aromatic carbocycles. The zero-order valence-electron chi connectivity index (χ0n) is 5.42. The van der Waals surface area contributed by atoms with E-state index in [2.05, 4.69) is 0 Å². The van der Waals surface area contributed by atoms with Crippen LogP contribution in [0.15, 0.2) is 24.3 Å². The van der Waals surface area contributed by atoms with E-state index in [1.54, 1.807) is 0 Å². The Labute approximate surface area is 65.3 Å². The molecule has 0 bridgehead atoms. The molecule has 0 atom stereocenters. The van der Waals surface area contributed by atoms with E-state index in [-0.39, 0.29) is 0 Å². The molecule has 0 heterocycles. The van der Waals surface area contributed by atoms with Crippen molar-refractivity contribution in [3.05, 3.63) is 41.5 Å². The van der Waals surface area contributed by atoms with Crippen molar-refractivity contribution < 1.29 is 5.11 Å². The van der Waals surface area contributed by atoms with Crippen LogP contribution in [0.25, 0.3) is 0 Å². The number of aliphatic hydroxyl groups excluding tert-OH is 1. The third-order valence-electron chi connectivity index (χ3n) is 1.22. The van der Waals surface area contributed by atoms with Gasteiger partial charge in [-0.25, -0.2) is 0 Å². The van der Waals surface area contributed by atoms with Gasteiger partial charge < -0.3 is 5.11 Å². The summed E-state index contributed by atoms with van der Waals surface area (Å²) < 4.78 is 0. The summed E-state index contributed by atoms with van der Waals surface area (Å²) in [4.78, 5) is 0. The number of benzene rings is 1. The smallest absolute Gasteiger partial charge is 0.0842 e. The van der Waals surface area contributed by atoms with Crippen molar-refractivity contribution in [2.45, 2.75) is 6.42 Å². The third-order valence-corrected chi connectivity index (χ3v) is 1.45. The quantitative estimate of drug-likeness (QED) is 0.696. The summed E-state index contributed by atoms with van der Waals surface area (Å²) in [6.45, 7) is 1.12. The van der Waals surface area contributed by atoms with Crippen LogP contribution in [0, 0.1) is 6.61 Å². The van der Waals surface area contributed by atoms with Crippen LogP contribution < -0.4 is 0 Å². The van der Waals surface area contributed by atoms with Crippen molar-refractivity contribution in [1.29, 1.82) is 0 Å². The normalized spacial score (nSPS) is 9.80. The first-order valence-corrected chi connectivity index (χ1v) is 3.41. The minimum absolute atomic E-state index is 0.556. The van der Waals surface area contributed by atoms with E-state index in [1.165, 1.54) is 0 Å². The van der Waals surface area contributed by atoms with Gasteiger partial charge in [0, 0.05) is 11.4 Å². The summed E-state index contributed by atoms with van der Waals surface area (Å²) >= 11 is 5.69. The highest BCUT2D eigenvalue weighted by Gasteiger charge is 1.91. The van der Waals surface area contributed by atoms with Crippen molar-refractivity contribution in [2.24, 2.45) is 0 Å². The maximum Gasteiger partial charge on any atom is 0.0842 e. The molecule has 1 rings (SSSR count). The van der Waals surface area contributed by atoms with E-state index >= 15 is 0 Å². The zero-order valence-corrected chi connectivity index (χ0v) is 6.17. The van der Waals surface area contributed by atoms with Crippen LogP contribution >= 0.6 is 11.6 Å². The van der Waals surface area contributed by atoms with Crippen molar-refractivity contribution in [1.82, 2.24) is 0 Å². The average Bonchev–Trinajstić information content (AvgIpc) is 1.88. The van der Waals surface area contributed by atoms with Gasteiger partial charge in [0.2, 0.25) is 0 Å². The number of halogens is 1. The molecule has 1 aromatic rings. The van der Waals surface area contributed by atoms with Crippen LogP contribution in [0.5, 0.6) is 0 Å². The van der Waals surface area contributed by atoms with Gasteiger partial charge >= 0.3 is 0 Å². The zero-order chi connectivity index (χ0) is 7.40. The topological polar surface area (TPSA) is 20.2 Å². The predicted octanol–water partition coefficient (Wildman–Crippen LogP) is 2.42. The molecule has 0 aromatic heterocycles. The molecule has 1 N–H and O–H groups in total. The lowest BCUT2D eigenvalue weighted by molar-refractivity contribution is 0.385. The van der Waals surface area contributed by atoms with Crippen LogP contribution in [0.3, 0.4) is 0 Å². The van der Waals surface area contributed by atoms with Crippen molar-refractivity contribution in [3.63, 3.8) is 0 Å². The van der Waals surface area contributed by atoms with E-state index in [0.717, 1.165) is 12.2 Å². The molecule has 0 saturated carbocycles. The molecule has 0 spiro atoms. The Bertz CT molecular complexity index is 210. The Morgan fingerprint density at radius 2 is 2.30 bits per heavy atom. The first kappa shape index (κ1) is 7.58. The summed E-state index contributed by atoms with van der Waals surface area (Å²) in [6, 6.07) is 7.41. The van der Waals surface area contributed by atoms with Crippen LogP contribution in [0.1, 0.15) is 5.56 Å². The summed E-state index contributed by atoms with van der Waals surface area (Å²) in [5.41, 5.74) is 1.02. The maximum atomic E-state index is 8.44. The molecule has 0 aliphatic rings. The summed E-state index contributed by atoms with van der Waals surface area (Å²) in [5, 5.41) is 9.15. The summed E-state index contributed by atoms with van der Waals surface area (Å²) in [7, 11) is 0. The third kappa shape index (κ3) is 2.01. The lowest BCUT2D eigenvalue weighted by atomic mass is 10.2. The monoisotopic (exact) mass is 155 g/mol. The molecule has 2 heteroatoms. The van der Waals surface area contributed by atoms with Gasteiger partial charge in [-0.05, 0) is 17.7 Å². The highest BCUT2D eigenvalue weighted by atomic mass is 35.5. The van der Waals surface area contributed by atoms with Crippen LogP contribution in [-0.4, -0.2) is 5.11 Å². The Kier molecular flexibility index (Phi) is 2.72. The Morgan fingerprint density at radius 3 is 2.90 bits per heavy atom. The van der Waals surface area contributed by atoms with E-state index < -0.39 is 0 Å². The standard InChI is InChI=1S/C8H8ClO/c9-8-3-1-2-7(6-8)4-5-10/h1-3,5-6,10H,4H2. The van der Waals surface area contributed by atoms with Crippen LogP contribution in [-0.2, 0) is 6.42 Å². The Morgan fingerprint density at radius 1 is 1.50 bits per heavy atom. The maximum absolute atomic E-state index is 8.44. The first-order chi connectivity index (χ1) is 4.83. The number of rotatable bonds is 2. The van der Waals surface area contributed by atoms with Gasteiger partial charge in [-0.1, -0.05) is 23.7 Å². The van der Waals surface area contributed by atoms with Gasteiger partial charge in [0.15, 0.2) is 0 Å². The number of aliphatic hydroxyl groups is 1. The van der Waals surface area contributed by atoms with Crippen LogP contribution in [0.4, 0.5) is 0 Å². The van der Waals surface area contributed by atoms with Crippen molar-refractivity contribution in [2.75, 3.05) is 0 Å². The van der Waals surface area contributed by atoms with Gasteiger partial charge in [0.05, 0.1) is 6.61 Å². The fourth-order valence-electron chi connectivity index (χ4n) is 0.769. The van der Waals surface area contributed by atoms with Gasteiger partial charge in [-0.2, -0.15) is 0 Å². The molecule has 1 radical (unpaired) electrons. The molecule has 10 heavy (non-hydrogen) atoms. The lowest BCUT2D eigenvalue weighted by Gasteiger charge is -1.95. The fraction of sp³-hybridized carbons (Fsp3) is 0.125. The fourth-order valence-corrected chi connectivity index (χ4v) is 0.982. The summed E-state index contributed by atoms with van der Waals surface area (Å²) in [6.07, 6.45) is 0.556. The Hall–Kier alpha value is -0.530. The van der Waals surface area contributed by atoms with Crippen molar-refractivity contribution >= 4 is 11.6 Å². The largest absolute Gasteiger partial charge is 0.390 e. The average molecular weight is 156 g/mol. The van der Waals surface area contributed by atoms with Gasteiger partial charge in [0.1, 0.15) is 0 Å². The number of hydrogen-bond acceptors (Lipinski definition) is 1. The SMILES string of the molecule is O[CH]Cc1cccc(Cl)c1. The molecule has 1 nitrogen and oxygen atoms in total. The van der Waals surface area contributed by atoms with Gasteiger partial charge in [-0.15, -0.1) is 0 Å². The minimum Gasteiger partial charge on any atom is -0.390 e. The Balaban J connectivity index is 2.75. The van der Waals surface area contributed by atoms with Crippen LogP contribution in [0.2, 0.25) is 5.02 Å². The second kappa shape index (κ2) is 3.59. The first-order valence-electron chi connectivity index (χ1n) is 3.03. The number of hydrogen-bond donors (Lipinski definition) is 1. The molecular formula is C8H8ClO. The second-order valence-electron chi connectivity index (χ2n) is 2.02. The molecule has 0 fully saturated rings. The molecule has 53 valence electrons. The molecular weight excluding hydrogens is 148 g/mol. The highest BCUT2D eigenvalue weighted by Crippen LogP contribution is 2.10. The molecule has 0 amide bonds. The molecule has 0 aliphatic heterocycles. The minimum atomic E-state index is 0.556. The van der Waals surface area contributed by atoms with E-state index in [9.17, 15) is 0 Å². The van der Waals surface area contributed by atoms with Crippen molar-refractivity contribution in [3.8, 4) is 0 Å². The van der Waals surface area contributed by atoms with E-state index in [4.69, 9.17) is 16.7 Å². The van der Waals surface area contributed by atoms with Gasteiger partial charge in [-0.3, -0.25) is 0 Å². The molecule has 0 unspecified atom stereocenters. The lowest BCUT2D eigenvalue weighted by Crippen LogP contribution is -1.83. The second-order valence-corrected chi connectivity index (χ2v) is 2.45. The highest BCUT2D eigenvalue weighted by molar-refractivity contribution is 6.30. The van der Waals surface area contributed by atoms with E-state index in [0.29, 0.717) is 11.4 Å².